The van der Waals surface area contributed by atoms with Crippen molar-refractivity contribution in [3.05, 3.63) is 106 Å². The highest BCUT2D eigenvalue weighted by Gasteiger charge is 2.30. The zero-order chi connectivity index (χ0) is 27.2. The molecule has 5 nitrogen and oxygen atoms in total. The first-order valence-electron chi connectivity index (χ1n) is 12.3. The molecule has 0 radical (unpaired) electrons. The molecular formula is C30H28Cl2N2O3S. The molecule has 1 N–H and O–H groups in total. The van der Waals surface area contributed by atoms with Crippen molar-refractivity contribution in [2.24, 2.45) is 0 Å². The number of hydrogen-bond donors (Lipinski definition) is 1. The van der Waals surface area contributed by atoms with E-state index >= 15 is 0 Å². The SMILES string of the molecule is Cc1ccc(S(=O)(=O)N(C[C@@H](O)Cn2c3ccc(Cl)cc3c3cc(Cl)ccc32)c2c(C)cccc2C)cc1. The van der Waals surface area contributed by atoms with E-state index in [9.17, 15) is 13.5 Å². The molecule has 0 amide bonds. The predicted octanol–water partition coefficient (Wildman–Crippen LogP) is 7.28. The number of aryl methyl sites for hydroxylation is 3. The summed E-state index contributed by atoms with van der Waals surface area (Å²) in [5.41, 5.74) is 4.93. The predicted molar refractivity (Wildman–Crippen MR) is 157 cm³/mol. The largest absolute Gasteiger partial charge is 0.389 e. The molecule has 0 fully saturated rings. The van der Waals surface area contributed by atoms with Crippen molar-refractivity contribution in [2.45, 2.75) is 38.3 Å². The fourth-order valence-corrected chi connectivity index (χ4v) is 7.03. The molecule has 1 aromatic heterocycles. The van der Waals surface area contributed by atoms with Crippen molar-refractivity contribution < 1.29 is 13.5 Å². The van der Waals surface area contributed by atoms with Gasteiger partial charge in [-0.2, -0.15) is 0 Å². The molecule has 0 unspecified atom stereocenters. The van der Waals surface area contributed by atoms with Gasteiger partial charge in [-0.1, -0.05) is 59.1 Å². The van der Waals surface area contributed by atoms with Crippen molar-refractivity contribution in [2.75, 3.05) is 10.8 Å². The second-order valence-electron chi connectivity index (χ2n) is 9.68. The number of halogens is 2. The number of benzene rings is 4. The highest BCUT2D eigenvalue weighted by atomic mass is 35.5. The van der Waals surface area contributed by atoms with Crippen LogP contribution in [-0.4, -0.2) is 30.7 Å². The fourth-order valence-electron chi connectivity index (χ4n) is 5.05. The van der Waals surface area contributed by atoms with Crippen LogP contribution >= 0.6 is 23.2 Å². The van der Waals surface area contributed by atoms with Crippen molar-refractivity contribution in [1.82, 2.24) is 4.57 Å². The summed E-state index contributed by atoms with van der Waals surface area (Å²) in [5.74, 6) is 0. The average Bonchev–Trinajstić information content (AvgIpc) is 3.15. The van der Waals surface area contributed by atoms with Gasteiger partial charge in [0.2, 0.25) is 0 Å². The van der Waals surface area contributed by atoms with Crippen LogP contribution in [0.2, 0.25) is 10.0 Å². The lowest BCUT2D eigenvalue weighted by Gasteiger charge is -2.30. The van der Waals surface area contributed by atoms with E-state index in [4.69, 9.17) is 23.2 Å². The molecule has 0 bridgehead atoms. The van der Waals surface area contributed by atoms with Gasteiger partial charge >= 0.3 is 0 Å². The van der Waals surface area contributed by atoms with Crippen LogP contribution in [0.1, 0.15) is 16.7 Å². The first-order valence-corrected chi connectivity index (χ1v) is 14.5. The maximum atomic E-state index is 14.0. The summed E-state index contributed by atoms with van der Waals surface area (Å²) in [4.78, 5) is 0.180. The number of hydrogen-bond acceptors (Lipinski definition) is 3. The van der Waals surface area contributed by atoms with Gasteiger partial charge in [-0.3, -0.25) is 4.31 Å². The lowest BCUT2D eigenvalue weighted by Crippen LogP contribution is -2.40. The molecule has 0 aliphatic heterocycles. The first kappa shape index (κ1) is 26.6. The number of rotatable bonds is 7. The number of anilines is 1. The molecule has 0 aliphatic carbocycles. The lowest BCUT2D eigenvalue weighted by atomic mass is 10.1. The minimum Gasteiger partial charge on any atom is -0.389 e. The molecule has 0 saturated carbocycles. The fraction of sp³-hybridized carbons (Fsp3) is 0.200. The summed E-state index contributed by atoms with van der Waals surface area (Å²) in [7, 11) is -3.96. The number of nitrogens with zero attached hydrogens (tertiary/aromatic N) is 2. The molecule has 0 saturated heterocycles. The Morgan fingerprint density at radius 1 is 0.816 bits per heavy atom. The van der Waals surface area contributed by atoms with Gasteiger partial charge in [0.05, 0.1) is 29.8 Å². The average molecular weight is 568 g/mol. The van der Waals surface area contributed by atoms with E-state index in [1.807, 2.05) is 67.8 Å². The van der Waals surface area contributed by atoms with E-state index in [2.05, 4.69) is 0 Å². The summed E-state index contributed by atoms with van der Waals surface area (Å²) >= 11 is 12.6. The summed E-state index contributed by atoms with van der Waals surface area (Å²) < 4.78 is 31.3. The molecule has 1 atom stereocenters. The Morgan fingerprint density at radius 2 is 1.34 bits per heavy atom. The number of aromatic nitrogens is 1. The number of aliphatic hydroxyl groups excluding tert-OH is 1. The minimum absolute atomic E-state index is 0.121. The van der Waals surface area contributed by atoms with E-state index in [-0.39, 0.29) is 18.0 Å². The third-order valence-corrected chi connectivity index (χ3v) is 9.11. The highest BCUT2D eigenvalue weighted by molar-refractivity contribution is 7.92. The molecule has 5 rings (SSSR count). The molecule has 0 spiro atoms. The Kier molecular flexibility index (Phi) is 7.18. The highest BCUT2D eigenvalue weighted by Crippen LogP contribution is 2.34. The summed E-state index contributed by atoms with van der Waals surface area (Å²) in [5, 5.41) is 14.5. The van der Waals surface area contributed by atoms with E-state index in [1.54, 1.807) is 36.4 Å². The molecule has 38 heavy (non-hydrogen) atoms. The van der Waals surface area contributed by atoms with Gasteiger partial charge in [-0.15, -0.1) is 0 Å². The molecule has 4 aromatic carbocycles. The van der Waals surface area contributed by atoms with Crippen LogP contribution in [0.4, 0.5) is 5.69 Å². The maximum Gasteiger partial charge on any atom is 0.264 e. The first-order chi connectivity index (χ1) is 18.1. The molecule has 8 heteroatoms. The van der Waals surface area contributed by atoms with Gasteiger partial charge in [0.25, 0.3) is 10.0 Å². The van der Waals surface area contributed by atoms with Gasteiger partial charge < -0.3 is 9.67 Å². The Balaban J connectivity index is 1.58. The monoisotopic (exact) mass is 566 g/mol. The summed E-state index contributed by atoms with van der Waals surface area (Å²) in [6, 6.07) is 23.6. The van der Waals surface area contributed by atoms with Crippen molar-refractivity contribution in [1.29, 1.82) is 0 Å². The van der Waals surface area contributed by atoms with E-state index in [0.717, 1.165) is 38.5 Å². The van der Waals surface area contributed by atoms with Gasteiger partial charge in [0.1, 0.15) is 0 Å². The zero-order valence-electron chi connectivity index (χ0n) is 21.3. The molecule has 196 valence electrons. The third kappa shape index (κ3) is 4.90. The van der Waals surface area contributed by atoms with Crippen LogP contribution in [0.15, 0.2) is 83.8 Å². The van der Waals surface area contributed by atoms with Gasteiger partial charge in [0.15, 0.2) is 0 Å². The van der Waals surface area contributed by atoms with Gasteiger partial charge in [-0.25, -0.2) is 8.42 Å². The van der Waals surface area contributed by atoms with Crippen LogP contribution in [0.3, 0.4) is 0 Å². The van der Waals surface area contributed by atoms with Crippen LogP contribution < -0.4 is 4.31 Å². The summed E-state index contributed by atoms with van der Waals surface area (Å²) in [6.07, 6.45) is -1.01. The number of fused-ring (bicyclic) bond motifs is 3. The Hall–Kier alpha value is -3.03. The quantitative estimate of drug-likeness (QED) is 0.225. The number of sulfonamides is 1. The molecule has 5 aromatic rings. The Bertz CT molecular complexity index is 1680. The van der Waals surface area contributed by atoms with Gasteiger partial charge in [0, 0.05) is 31.9 Å². The van der Waals surface area contributed by atoms with E-state index in [0.29, 0.717) is 15.7 Å². The smallest absolute Gasteiger partial charge is 0.264 e. The molecule has 0 aliphatic rings. The standard InChI is InChI=1S/C30H28Cl2N2O3S/c1-19-7-11-25(12-8-19)38(36,37)34(30-20(2)5-4-6-21(30)3)18-24(35)17-33-28-13-9-22(31)15-26(28)27-16-23(32)10-14-29(27)33/h4-16,24,35H,17-18H2,1-3H3/t24-/m0/s1. The third-order valence-electron chi connectivity index (χ3n) is 6.86. The summed E-state index contributed by atoms with van der Waals surface area (Å²) in [6.45, 7) is 5.73. The zero-order valence-corrected chi connectivity index (χ0v) is 23.6. The maximum absolute atomic E-state index is 14.0. The topological polar surface area (TPSA) is 62.5 Å². The van der Waals surface area contributed by atoms with Crippen molar-refractivity contribution in [3.8, 4) is 0 Å². The second-order valence-corrected chi connectivity index (χ2v) is 12.4. The van der Waals surface area contributed by atoms with Crippen LogP contribution in [0, 0.1) is 20.8 Å². The Labute approximate surface area is 232 Å². The van der Waals surface area contributed by atoms with Crippen molar-refractivity contribution >= 4 is 60.7 Å². The number of para-hydroxylation sites is 1. The second kappa shape index (κ2) is 10.3. The van der Waals surface area contributed by atoms with Crippen LogP contribution in [0.5, 0.6) is 0 Å². The normalized spacial score (nSPS) is 12.8. The lowest BCUT2D eigenvalue weighted by molar-refractivity contribution is 0.166. The molecule has 1 heterocycles. The van der Waals surface area contributed by atoms with Crippen molar-refractivity contribution in [3.63, 3.8) is 0 Å². The van der Waals surface area contributed by atoms with Crippen LogP contribution in [0.25, 0.3) is 21.8 Å². The molecular weight excluding hydrogens is 539 g/mol. The Morgan fingerprint density at radius 3 is 1.87 bits per heavy atom. The van der Waals surface area contributed by atoms with Crippen LogP contribution in [-0.2, 0) is 16.6 Å². The van der Waals surface area contributed by atoms with E-state index in [1.165, 1.54) is 4.31 Å². The van der Waals surface area contributed by atoms with Gasteiger partial charge in [-0.05, 0) is 80.4 Å². The van der Waals surface area contributed by atoms with E-state index < -0.39 is 16.1 Å². The number of aliphatic hydroxyl groups is 1. The minimum atomic E-state index is -3.96.